The first-order chi connectivity index (χ1) is 6.36. The molecule has 2 rings (SSSR count). The summed E-state index contributed by atoms with van der Waals surface area (Å²) in [6.07, 6.45) is 0. The number of rotatable bonds is 1. The van der Waals surface area contributed by atoms with E-state index in [0.717, 1.165) is 10.1 Å². The van der Waals surface area contributed by atoms with Gasteiger partial charge in [0.2, 0.25) is 0 Å². The predicted octanol–water partition coefficient (Wildman–Crippen LogP) is 2.78. The molecule has 1 aromatic carbocycles. The Morgan fingerprint density at radius 3 is 2.92 bits per heavy atom. The van der Waals surface area contributed by atoms with Crippen LogP contribution in [0.3, 0.4) is 0 Å². The Bertz CT molecular complexity index is 481. The molecule has 2 nitrogen and oxygen atoms in total. The van der Waals surface area contributed by atoms with Crippen molar-refractivity contribution in [3.05, 3.63) is 29.1 Å². The Morgan fingerprint density at radius 1 is 1.38 bits per heavy atom. The van der Waals surface area contributed by atoms with Gasteiger partial charge in [-0.25, -0.2) is 0 Å². The highest BCUT2D eigenvalue weighted by Gasteiger charge is 2.07. The van der Waals surface area contributed by atoms with Gasteiger partial charge in [-0.15, -0.1) is 11.3 Å². The molecule has 1 heterocycles. The number of methoxy groups -OCH3 is 1. The zero-order chi connectivity index (χ0) is 9.26. The van der Waals surface area contributed by atoms with Crippen LogP contribution in [0.2, 0.25) is 0 Å². The summed E-state index contributed by atoms with van der Waals surface area (Å²) in [5.74, 6) is 0.647. The Kier molecular flexibility index (Phi) is 1.91. The topological polar surface area (TPSA) is 33.0 Å². The maximum absolute atomic E-state index is 8.94. The lowest BCUT2D eigenvalue weighted by atomic mass is 10.1. The zero-order valence-corrected chi connectivity index (χ0v) is 7.89. The third kappa shape index (κ3) is 1.16. The van der Waals surface area contributed by atoms with Gasteiger partial charge in [-0.2, -0.15) is 5.26 Å². The van der Waals surface area contributed by atoms with Gasteiger partial charge >= 0.3 is 0 Å². The van der Waals surface area contributed by atoms with E-state index in [4.69, 9.17) is 10.00 Å². The number of nitriles is 1. The molecule has 2 aromatic rings. The van der Waals surface area contributed by atoms with Crippen LogP contribution in [-0.4, -0.2) is 7.11 Å². The van der Waals surface area contributed by atoms with E-state index < -0.39 is 0 Å². The van der Waals surface area contributed by atoms with Gasteiger partial charge in [-0.05, 0) is 23.6 Å². The largest absolute Gasteiger partial charge is 0.495 e. The van der Waals surface area contributed by atoms with Crippen LogP contribution >= 0.6 is 11.3 Å². The molecule has 0 amide bonds. The van der Waals surface area contributed by atoms with Crippen LogP contribution < -0.4 is 4.74 Å². The predicted molar refractivity (Wildman–Crippen MR) is 53.1 cm³/mol. The quantitative estimate of drug-likeness (QED) is 0.691. The van der Waals surface area contributed by atoms with Crippen molar-refractivity contribution in [1.82, 2.24) is 0 Å². The van der Waals surface area contributed by atoms with Crippen molar-refractivity contribution < 1.29 is 4.74 Å². The van der Waals surface area contributed by atoms with E-state index in [1.807, 2.05) is 23.6 Å². The van der Waals surface area contributed by atoms with E-state index in [-0.39, 0.29) is 0 Å². The van der Waals surface area contributed by atoms with E-state index in [9.17, 15) is 0 Å². The molecule has 0 saturated heterocycles. The maximum atomic E-state index is 8.94. The fraction of sp³-hybridized carbons (Fsp3) is 0.100. The van der Waals surface area contributed by atoms with Crippen LogP contribution in [0.15, 0.2) is 23.6 Å². The second-order valence-electron chi connectivity index (χ2n) is 2.59. The second-order valence-corrected chi connectivity index (χ2v) is 3.53. The molecule has 0 bridgehead atoms. The number of nitrogens with zero attached hydrogens (tertiary/aromatic N) is 1. The van der Waals surface area contributed by atoms with Crippen molar-refractivity contribution in [2.24, 2.45) is 0 Å². The summed E-state index contributed by atoms with van der Waals surface area (Å²) in [6.45, 7) is 0. The Hall–Kier alpha value is -1.53. The molecule has 0 unspecified atom stereocenters. The molecule has 0 aliphatic carbocycles. The average molecular weight is 189 g/mol. The fourth-order valence-electron chi connectivity index (χ4n) is 1.31. The van der Waals surface area contributed by atoms with Crippen molar-refractivity contribution in [2.45, 2.75) is 0 Å². The van der Waals surface area contributed by atoms with E-state index in [2.05, 4.69) is 6.07 Å². The first kappa shape index (κ1) is 8.09. The summed E-state index contributed by atoms with van der Waals surface area (Å²) in [7, 11) is 1.58. The van der Waals surface area contributed by atoms with Gasteiger partial charge in [0, 0.05) is 10.1 Å². The van der Waals surface area contributed by atoms with Crippen LogP contribution in [0.5, 0.6) is 5.75 Å². The van der Waals surface area contributed by atoms with Gasteiger partial charge in [0.25, 0.3) is 0 Å². The summed E-state index contributed by atoms with van der Waals surface area (Å²) < 4.78 is 6.22. The molecule has 0 aliphatic rings. The Morgan fingerprint density at radius 2 is 2.23 bits per heavy atom. The maximum Gasteiger partial charge on any atom is 0.137 e. The van der Waals surface area contributed by atoms with Crippen molar-refractivity contribution in [1.29, 1.82) is 5.26 Å². The molecule has 0 fully saturated rings. The lowest BCUT2D eigenvalue weighted by Crippen LogP contribution is -1.87. The van der Waals surface area contributed by atoms with Crippen LogP contribution in [-0.2, 0) is 0 Å². The van der Waals surface area contributed by atoms with Crippen molar-refractivity contribution in [2.75, 3.05) is 7.11 Å². The number of ether oxygens (including phenoxy) is 1. The van der Waals surface area contributed by atoms with E-state index in [0.29, 0.717) is 11.3 Å². The Balaban J connectivity index is 2.84. The summed E-state index contributed by atoms with van der Waals surface area (Å²) >= 11 is 1.63. The smallest absolute Gasteiger partial charge is 0.137 e. The molecule has 0 atom stereocenters. The van der Waals surface area contributed by atoms with Gasteiger partial charge in [-0.3, -0.25) is 0 Å². The number of thiophene rings is 1. The minimum absolute atomic E-state index is 0.626. The first-order valence-corrected chi connectivity index (χ1v) is 4.69. The van der Waals surface area contributed by atoms with Gasteiger partial charge < -0.3 is 4.74 Å². The number of benzene rings is 1. The SMILES string of the molecule is COc1ccc2sccc2c1C#N. The minimum Gasteiger partial charge on any atom is -0.495 e. The van der Waals surface area contributed by atoms with Crippen molar-refractivity contribution in [3.8, 4) is 11.8 Å². The highest BCUT2D eigenvalue weighted by atomic mass is 32.1. The second kappa shape index (κ2) is 3.08. The molecule has 1 aromatic heterocycles. The molecule has 0 saturated carbocycles. The lowest BCUT2D eigenvalue weighted by molar-refractivity contribution is 0.414. The van der Waals surface area contributed by atoms with Gasteiger partial charge in [0.05, 0.1) is 7.11 Å². The number of hydrogen-bond acceptors (Lipinski definition) is 3. The molecule has 0 aliphatic heterocycles. The van der Waals surface area contributed by atoms with E-state index >= 15 is 0 Å². The summed E-state index contributed by atoms with van der Waals surface area (Å²) in [5, 5.41) is 11.9. The molecule has 0 spiro atoms. The summed E-state index contributed by atoms with van der Waals surface area (Å²) in [6, 6.07) is 7.91. The fourth-order valence-corrected chi connectivity index (χ4v) is 2.10. The molecular weight excluding hydrogens is 182 g/mol. The molecule has 64 valence electrons. The minimum atomic E-state index is 0.626. The molecule has 3 heteroatoms. The monoisotopic (exact) mass is 189 g/mol. The highest BCUT2D eigenvalue weighted by Crippen LogP contribution is 2.30. The lowest BCUT2D eigenvalue weighted by Gasteiger charge is -2.02. The van der Waals surface area contributed by atoms with Crippen molar-refractivity contribution >= 4 is 21.4 Å². The van der Waals surface area contributed by atoms with E-state index in [1.165, 1.54) is 0 Å². The normalized spacial score (nSPS) is 9.85. The van der Waals surface area contributed by atoms with Crippen molar-refractivity contribution in [3.63, 3.8) is 0 Å². The highest BCUT2D eigenvalue weighted by molar-refractivity contribution is 7.17. The van der Waals surface area contributed by atoms with Crippen LogP contribution in [0.4, 0.5) is 0 Å². The van der Waals surface area contributed by atoms with Crippen LogP contribution in [0, 0.1) is 11.3 Å². The van der Waals surface area contributed by atoms with Gasteiger partial charge in [0.1, 0.15) is 17.4 Å². The van der Waals surface area contributed by atoms with E-state index in [1.54, 1.807) is 18.4 Å². The zero-order valence-electron chi connectivity index (χ0n) is 7.07. The Labute approximate surface area is 80.0 Å². The van der Waals surface area contributed by atoms with Gasteiger partial charge in [0.15, 0.2) is 0 Å². The summed E-state index contributed by atoms with van der Waals surface area (Å²) in [5.41, 5.74) is 0.626. The number of hydrogen-bond donors (Lipinski definition) is 0. The molecular formula is C10H7NOS. The first-order valence-electron chi connectivity index (χ1n) is 3.81. The third-order valence-electron chi connectivity index (χ3n) is 1.93. The van der Waals surface area contributed by atoms with Gasteiger partial charge in [-0.1, -0.05) is 0 Å². The summed E-state index contributed by atoms with van der Waals surface area (Å²) in [4.78, 5) is 0. The molecule has 0 N–H and O–H groups in total. The molecule has 0 radical (unpaired) electrons. The number of fused-ring (bicyclic) bond motifs is 1. The standard InChI is InChI=1S/C10H7NOS/c1-12-9-2-3-10-7(4-5-13-10)8(9)6-11/h2-5H,1H3. The third-order valence-corrected chi connectivity index (χ3v) is 2.81. The van der Waals surface area contributed by atoms with Crippen LogP contribution in [0.25, 0.3) is 10.1 Å². The van der Waals surface area contributed by atoms with Crippen LogP contribution in [0.1, 0.15) is 5.56 Å². The average Bonchev–Trinajstić information content (AvgIpc) is 2.63. The molecule has 13 heavy (non-hydrogen) atoms.